The van der Waals surface area contributed by atoms with Crippen LogP contribution in [-0.4, -0.2) is 35.5 Å². The molecule has 0 saturated heterocycles. The van der Waals surface area contributed by atoms with Crippen LogP contribution < -0.4 is 11.1 Å². The van der Waals surface area contributed by atoms with E-state index in [9.17, 15) is 0 Å². The van der Waals surface area contributed by atoms with Crippen molar-refractivity contribution in [1.29, 1.82) is 0 Å². The molecular weight excluding hydrogens is 196 g/mol. The zero-order valence-electron chi connectivity index (χ0n) is 9.80. The summed E-state index contributed by atoms with van der Waals surface area (Å²) in [4.78, 5) is 0. The highest BCUT2D eigenvalue weighted by Gasteiger charge is 2.30. The highest BCUT2D eigenvalue weighted by atomic mass is 28.4. The number of nitrogens with one attached hydrogen (secondary N) is 1. The van der Waals surface area contributed by atoms with Crippen molar-refractivity contribution in [2.45, 2.75) is 26.4 Å². The van der Waals surface area contributed by atoms with Crippen molar-refractivity contribution in [2.24, 2.45) is 11.7 Å². The van der Waals surface area contributed by atoms with Gasteiger partial charge in [-0.2, -0.15) is 0 Å². The van der Waals surface area contributed by atoms with Crippen molar-refractivity contribution in [3.8, 4) is 0 Å². The summed E-state index contributed by atoms with van der Waals surface area (Å²) >= 11 is 0. The van der Waals surface area contributed by atoms with Gasteiger partial charge in [-0.05, 0) is 18.5 Å². The van der Waals surface area contributed by atoms with Crippen LogP contribution in [0.25, 0.3) is 0 Å². The third-order valence-corrected chi connectivity index (χ3v) is 5.19. The van der Waals surface area contributed by atoms with Gasteiger partial charge in [0.05, 0.1) is 6.73 Å². The Balaban J connectivity index is 3.75. The summed E-state index contributed by atoms with van der Waals surface area (Å²) in [6.07, 6.45) is 0. The van der Waals surface area contributed by atoms with Crippen LogP contribution in [0, 0.1) is 5.92 Å². The SMILES string of the molecule is CO[Si](C)(CC(C)C)OCNCCN. The molecule has 0 fully saturated rings. The van der Waals surface area contributed by atoms with E-state index in [1.165, 1.54) is 0 Å². The van der Waals surface area contributed by atoms with Crippen LogP contribution >= 0.6 is 0 Å². The van der Waals surface area contributed by atoms with Gasteiger partial charge in [-0.15, -0.1) is 0 Å². The molecule has 0 aromatic rings. The zero-order chi connectivity index (χ0) is 11.0. The molecule has 0 aliphatic rings. The highest BCUT2D eigenvalue weighted by Crippen LogP contribution is 2.17. The molecule has 0 radical (unpaired) electrons. The first-order valence-electron chi connectivity index (χ1n) is 5.14. The Labute approximate surface area is 88.4 Å². The summed E-state index contributed by atoms with van der Waals surface area (Å²) in [5, 5.41) is 3.11. The fourth-order valence-corrected chi connectivity index (χ4v) is 3.61. The average Bonchev–Trinajstić information content (AvgIpc) is 2.11. The van der Waals surface area contributed by atoms with Gasteiger partial charge in [-0.3, -0.25) is 5.32 Å². The summed E-state index contributed by atoms with van der Waals surface area (Å²) in [5.41, 5.74) is 5.35. The second-order valence-corrected chi connectivity index (χ2v) is 7.39. The Kier molecular flexibility index (Phi) is 7.39. The second-order valence-electron chi connectivity index (χ2n) is 4.01. The van der Waals surface area contributed by atoms with E-state index in [0.29, 0.717) is 19.2 Å². The van der Waals surface area contributed by atoms with Crippen LogP contribution in [0.15, 0.2) is 0 Å². The van der Waals surface area contributed by atoms with Gasteiger partial charge in [-0.25, -0.2) is 0 Å². The van der Waals surface area contributed by atoms with Gasteiger partial charge in [0.1, 0.15) is 0 Å². The summed E-state index contributed by atoms with van der Waals surface area (Å²) in [6, 6.07) is 1.02. The monoisotopic (exact) mass is 220 g/mol. The van der Waals surface area contributed by atoms with E-state index in [-0.39, 0.29) is 0 Å². The smallest absolute Gasteiger partial charge is 0.335 e. The van der Waals surface area contributed by atoms with E-state index < -0.39 is 8.56 Å². The van der Waals surface area contributed by atoms with E-state index in [1.54, 1.807) is 7.11 Å². The van der Waals surface area contributed by atoms with Crippen molar-refractivity contribution < 1.29 is 8.85 Å². The lowest BCUT2D eigenvalue weighted by Gasteiger charge is -2.26. The van der Waals surface area contributed by atoms with Crippen LogP contribution in [-0.2, 0) is 8.85 Å². The molecule has 0 heterocycles. The lowest BCUT2D eigenvalue weighted by Crippen LogP contribution is -2.42. The first-order valence-corrected chi connectivity index (χ1v) is 7.66. The van der Waals surface area contributed by atoms with E-state index in [0.717, 1.165) is 12.6 Å². The first kappa shape index (κ1) is 14.1. The molecule has 5 heteroatoms. The fourth-order valence-electron chi connectivity index (χ4n) is 1.32. The molecule has 0 saturated carbocycles. The van der Waals surface area contributed by atoms with Crippen LogP contribution in [0.3, 0.4) is 0 Å². The topological polar surface area (TPSA) is 56.5 Å². The molecule has 0 bridgehead atoms. The van der Waals surface area contributed by atoms with Gasteiger partial charge < -0.3 is 14.6 Å². The van der Waals surface area contributed by atoms with Gasteiger partial charge in [0.2, 0.25) is 0 Å². The maximum Gasteiger partial charge on any atom is 0.335 e. The predicted octanol–water partition coefficient (Wildman–Crippen LogP) is 0.883. The number of hydrogen-bond acceptors (Lipinski definition) is 4. The van der Waals surface area contributed by atoms with Gasteiger partial charge in [0.25, 0.3) is 0 Å². The molecule has 86 valence electrons. The third kappa shape index (κ3) is 6.50. The van der Waals surface area contributed by atoms with Crippen molar-refractivity contribution >= 4 is 8.56 Å². The third-order valence-electron chi connectivity index (χ3n) is 2.01. The predicted molar refractivity (Wildman–Crippen MR) is 61.3 cm³/mol. The van der Waals surface area contributed by atoms with Crippen molar-refractivity contribution in [3.05, 3.63) is 0 Å². The van der Waals surface area contributed by atoms with Crippen LogP contribution in [0.2, 0.25) is 12.6 Å². The second kappa shape index (κ2) is 7.36. The van der Waals surface area contributed by atoms with E-state index in [2.05, 4.69) is 25.7 Å². The Hall–Kier alpha value is 0.0569. The van der Waals surface area contributed by atoms with Gasteiger partial charge in [0, 0.05) is 20.2 Å². The fraction of sp³-hybridized carbons (Fsp3) is 1.00. The lowest BCUT2D eigenvalue weighted by molar-refractivity contribution is 0.185. The van der Waals surface area contributed by atoms with Crippen LogP contribution in [0.5, 0.6) is 0 Å². The molecule has 1 atom stereocenters. The summed E-state index contributed by atoms with van der Waals surface area (Å²) < 4.78 is 11.2. The van der Waals surface area contributed by atoms with E-state index in [1.807, 2.05) is 0 Å². The van der Waals surface area contributed by atoms with Gasteiger partial charge in [-0.1, -0.05) is 13.8 Å². The molecule has 0 aliphatic carbocycles. The van der Waals surface area contributed by atoms with Gasteiger partial charge in [0.15, 0.2) is 0 Å². The molecule has 1 unspecified atom stereocenters. The number of hydrogen-bond donors (Lipinski definition) is 2. The van der Waals surface area contributed by atoms with Crippen molar-refractivity contribution in [3.63, 3.8) is 0 Å². The molecule has 0 spiro atoms. The highest BCUT2D eigenvalue weighted by molar-refractivity contribution is 6.66. The Morgan fingerprint density at radius 3 is 2.50 bits per heavy atom. The van der Waals surface area contributed by atoms with Crippen molar-refractivity contribution in [1.82, 2.24) is 5.32 Å². The first-order chi connectivity index (χ1) is 6.54. The normalized spacial score (nSPS) is 15.9. The Bertz CT molecular complexity index is 147. The minimum Gasteiger partial charge on any atom is -0.398 e. The molecule has 0 amide bonds. The number of rotatable bonds is 8. The number of nitrogens with two attached hydrogens (primary N) is 1. The maximum atomic E-state index is 5.74. The van der Waals surface area contributed by atoms with E-state index >= 15 is 0 Å². The quantitative estimate of drug-likeness (QED) is 0.362. The van der Waals surface area contributed by atoms with Crippen LogP contribution in [0.1, 0.15) is 13.8 Å². The molecule has 0 aromatic carbocycles. The van der Waals surface area contributed by atoms with Gasteiger partial charge >= 0.3 is 8.56 Å². The summed E-state index contributed by atoms with van der Waals surface area (Å²) in [5.74, 6) is 0.612. The molecule has 4 nitrogen and oxygen atoms in total. The Morgan fingerprint density at radius 1 is 1.43 bits per heavy atom. The lowest BCUT2D eigenvalue weighted by atomic mass is 10.3. The summed E-state index contributed by atoms with van der Waals surface area (Å²) in [6.45, 7) is 8.42. The van der Waals surface area contributed by atoms with E-state index in [4.69, 9.17) is 14.6 Å². The summed E-state index contributed by atoms with van der Waals surface area (Å²) in [7, 11) is -0.206. The molecule has 14 heavy (non-hydrogen) atoms. The molecule has 3 N–H and O–H groups in total. The molecule has 0 aromatic heterocycles. The average molecular weight is 220 g/mol. The molecular formula is C9H24N2O2Si. The maximum absolute atomic E-state index is 5.74. The van der Waals surface area contributed by atoms with Crippen LogP contribution in [0.4, 0.5) is 0 Å². The Morgan fingerprint density at radius 2 is 2.07 bits per heavy atom. The largest absolute Gasteiger partial charge is 0.398 e. The standard InChI is InChI=1S/C9H24N2O2Si/c1-9(2)7-14(4,12-3)13-8-11-6-5-10/h9,11H,5-8,10H2,1-4H3. The minimum atomic E-state index is -1.94. The zero-order valence-corrected chi connectivity index (χ0v) is 10.8. The molecule has 0 rings (SSSR count). The molecule has 0 aliphatic heterocycles. The minimum absolute atomic E-state index is 0.542. The van der Waals surface area contributed by atoms with Crippen molar-refractivity contribution in [2.75, 3.05) is 26.9 Å².